The molecule has 0 rings (SSSR count). The topological polar surface area (TPSA) is 63.0 Å². The van der Waals surface area contributed by atoms with Crippen molar-refractivity contribution < 1.29 is 64.0 Å². The van der Waals surface area contributed by atoms with Crippen molar-refractivity contribution in [3.63, 3.8) is 0 Å². The van der Waals surface area contributed by atoms with Crippen LogP contribution in [0.4, 0.5) is 18.8 Å². The summed E-state index contributed by atoms with van der Waals surface area (Å²) in [7, 11) is 0. The van der Waals surface area contributed by atoms with E-state index in [9.17, 15) is 0 Å². The molecule has 56 valence electrons. The molecule has 0 bridgehead atoms. The summed E-state index contributed by atoms with van der Waals surface area (Å²) in [4.78, 5) is 0. The normalized spacial score (nSPS) is 0. The van der Waals surface area contributed by atoms with E-state index in [0.29, 0.717) is 0 Å². The van der Waals surface area contributed by atoms with Gasteiger partial charge in [0, 0.05) is 0 Å². The number of hydrogen-bond donors (Lipinski definition) is 0. The summed E-state index contributed by atoms with van der Waals surface area (Å²) in [6.45, 7) is 0. The molecular formula is H8F5NaO2. The first-order valence-electron chi connectivity index (χ1n) is 0. The Hall–Kier alpha value is 0.570. The van der Waals surface area contributed by atoms with Gasteiger partial charge in [-0.2, -0.15) is 0 Å². The molecule has 0 amide bonds. The molecule has 0 saturated carbocycles. The van der Waals surface area contributed by atoms with Crippen LogP contribution >= 0.6 is 0 Å². The summed E-state index contributed by atoms with van der Waals surface area (Å²) in [5.74, 6) is 0. The molecule has 0 aliphatic heterocycles. The first-order chi connectivity index (χ1) is 0. The quantitative estimate of drug-likeness (QED) is 0.248. The summed E-state index contributed by atoms with van der Waals surface area (Å²) in [6.07, 6.45) is 0. The molecule has 0 radical (unpaired) electrons. The average molecular weight is 158 g/mol. The zero-order valence-corrected chi connectivity index (χ0v) is 6.01. The van der Waals surface area contributed by atoms with Crippen molar-refractivity contribution in [3.8, 4) is 0 Å². The predicted molar refractivity (Wildman–Crippen MR) is 17.2 cm³/mol. The minimum atomic E-state index is 0. The third-order valence-electron chi connectivity index (χ3n) is 0. The van der Waals surface area contributed by atoms with Crippen molar-refractivity contribution in [3.05, 3.63) is 0 Å². The first-order valence-corrected chi connectivity index (χ1v) is 0. The van der Waals surface area contributed by atoms with Crippen molar-refractivity contribution in [2.45, 2.75) is 0 Å². The summed E-state index contributed by atoms with van der Waals surface area (Å²) < 4.78 is 0. The monoisotopic (exact) mass is 158 g/mol. The first kappa shape index (κ1) is 1510. The summed E-state index contributed by atoms with van der Waals surface area (Å²) >= 11 is 0. The van der Waals surface area contributed by atoms with Gasteiger partial charge < -0.3 is 15.7 Å². The zero-order valence-electron chi connectivity index (χ0n) is 4.01. The Balaban J connectivity index is 0. The van der Waals surface area contributed by atoms with E-state index in [4.69, 9.17) is 0 Å². The Morgan fingerprint density at radius 3 is 0.500 bits per heavy atom. The molecule has 0 aliphatic rings. The van der Waals surface area contributed by atoms with Crippen LogP contribution in [-0.2, 0) is 0 Å². The van der Waals surface area contributed by atoms with Crippen molar-refractivity contribution in [1.82, 2.24) is 0 Å². The Morgan fingerprint density at radius 1 is 0.500 bits per heavy atom. The van der Waals surface area contributed by atoms with Crippen LogP contribution in [0.15, 0.2) is 0 Å². The fraction of sp³-hybridized carbons (Fsp3) is 0. The molecular weight excluding hydrogens is 150 g/mol. The fourth-order valence-corrected chi connectivity index (χ4v) is 0. The Kier molecular flexibility index (Phi) is 190000. The third kappa shape index (κ3) is 627. The molecule has 8 heavy (non-hydrogen) atoms. The minimum Gasteiger partial charge on any atom is -1.00 e. The van der Waals surface area contributed by atoms with Gasteiger partial charge in [-0.1, -0.05) is 0 Å². The Labute approximate surface area is 64.4 Å². The smallest absolute Gasteiger partial charge is 1.00 e. The van der Waals surface area contributed by atoms with Crippen LogP contribution in [0.25, 0.3) is 0 Å². The van der Waals surface area contributed by atoms with E-state index in [1.165, 1.54) is 0 Å². The molecule has 0 spiro atoms. The van der Waals surface area contributed by atoms with Gasteiger partial charge in [-0.15, -0.1) is 0 Å². The molecule has 0 unspecified atom stereocenters. The predicted octanol–water partition coefficient (Wildman–Crippen LogP) is -7.03. The van der Waals surface area contributed by atoms with Crippen LogP contribution in [0, 0.1) is 0 Å². The molecule has 0 aromatic heterocycles. The molecule has 4 N–H and O–H groups in total. The molecule has 0 atom stereocenters. The van der Waals surface area contributed by atoms with Crippen LogP contribution in [0.5, 0.6) is 0 Å². The summed E-state index contributed by atoms with van der Waals surface area (Å²) in [5, 5.41) is 0. The molecule has 8 heteroatoms. The maximum Gasteiger partial charge on any atom is 1.00 e. The van der Waals surface area contributed by atoms with E-state index in [-0.39, 0.29) is 64.0 Å². The van der Waals surface area contributed by atoms with Gasteiger partial charge >= 0.3 is 29.6 Å². The summed E-state index contributed by atoms with van der Waals surface area (Å²) in [5.41, 5.74) is 0. The van der Waals surface area contributed by atoms with Crippen molar-refractivity contribution in [2.24, 2.45) is 0 Å². The standard InChI is InChI=1S/5FH.Na.2H2O/h5*1H;;2*1H2/q;;;;;+1;;/p-1. The van der Waals surface area contributed by atoms with E-state index in [0.717, 1.165) is 0 Å². The second-order valence-electron chi connectivity index (χ2n) is 0. The zero-order chi connectivity index (χ0) is 0. The van der Waals surface area contributed by atoms with Gasteiger partial charge in [0.25, 0.3) is 0 Å². The molecule has 0 aromatic rings. The van der Waals surface area contributed by atoms with Gasteiger partial charge in [0.2, 0.25) is 0 Å². The largest absolute Gasteiger partial charge is 1.00 e. The third-order valence-corrected chi connectivity index (χ3v) is 0. The van der Waals surface area contributed by atoms with Gasteiger partial charge in [0.15, 0.2) is 0 Å². The van der Waals surface area contributed by atoms with Gasteiger partial charge in [0.1, 0.15) is 0 Å². The van der Waals surface area contributed by atoms with E-state index in [1.54, 1.807) is 0 Å². The second kappa shape index (κ2) is 1010. The molecule has 0 fully saturated rings. The molecule has 0 aliphatic carbocycles. The number of hydrogen-bond acceptors (Lipinski definition) is 0. The minimum absolute atomic E-state index is 0. The maximum absolute atomic E-state index is 0. The Bertz CT molecular complexity index is 10.4. The molecule has 2 nitrogen and oxygen atoms in total. The molecule has 0 saturated heterocycles. The van der Waals surface area contributed by atoms with E-state index >= 15 is 0 Å². The van der Waals surface area contributed by atoms with Crippen molar-refractivity contribution in [1.29, 1.82) is 0 Å². The maximum atomic E-state index is 0. The van der Waals surface area contributed by atoms with E-state index in [1.807, 2.05) is 0 Å². The van der Waals surface area contributed by atoms with Gasteiger partial charge in [-0.3, -0.25) is 18.8 Å². The number of rotatable bonds is 0. The molecule has 0 heterocycles. The van der Waals surface area contributed by atoms with Crippen molar-refractivity contribution in [2.75, 3.05) is 0 Å². The van der Waals surface area contributed by atoms with Crippen LogP contribution in [0.2, 0.25) is 0 Å². The summed E-state index contributed by atoms with van der Waals surface area (Å²) in [6, 6.07) is 0. The Morgan fingerprint density at radius 2 is 0.500 bits per heavy atom. The van der Waals surface area contributed by atoms with Crippen molar-refractivity contribution >= 4 is 0 Å². The van der Waals surface area contributed by atoms with Crippen LogP contribution in [-0.4, -0.2) is 11.0 Å². The van der Waals surface area contributed by atoms with Gasteiger partial charge in [-0.05, 0) is 0 Å². The van der Waals surface area contributed by atoms with Crippen LogP contribution < -0.4 is 34.3 Å². The van der Waals surface area contributed by atoms with E-state index < -0.39 is 0 Å². The van der Waals surface area contributed by atoms with Crippen LogP contribution in [0.3, 0.4) is 0 Å². The second-order valence-corrected chi connectivity index (χ2v) is 0. The van der Waals surface area contributed by atoms with Gasteiger partial charge in [0.05, 0.1) is 0 Å². The fourth-order valence-electron chi connectivity index (χ4n) is 0. The van der Waals surface area contributed by atoms with Gasteiger partial charge in [-0.25, -0.2) is 0 Å². The van der Waals surface area contributed by atoms with E-state index in [2.05, 4.69) is 0 Å². The average Bonchev–Trinajstić information content (AvgIpc) is 0. The van der Waals surface area contributed by atoms with Crippen LogP contribution in [0.1, 0.15) is 0 Å². The number of halogens is 5. The molecule has 0 aromatic carbocycles. The SMILES string of the molecule is F.F.F.F.O.O.[F-].[Na+].